The summed E-state index contributed by atoms with van der Waals surface area (Å²) in [6.07, 6.45) is 4.51. The Morgan fingerprint density at radius 3 is 2.57 bits per heavy atom. The van der Waals surface area contributed by atoms with E-state index in [0.717, 1.165) is 25.0 Å². The average Bonchev–Trinajstić information content (AvgIpc) is 2.71. The lowest BCUT2D eigenvalue weighted by Gasteiger charge is -2.32. The molecule has 1 aromatic carbocycles. The Morgan fingerprint density at radius 2 is 1.93 bits per heavy atom. The van der Waals surface area contributed by atoms with Crippen LogP contribution < -0.4 is 4.74 Å². The van der Waals surface area contributed by atoms with Crippen molar-refractivity contribution in [3.8, 4) is 5.75 Å². The van der Waals surface area contributed by atoms with Gasteiger partial charge in [0, 0.05) is 25.7 Å². The van der Waals surface area contributed by atoms with E-state index in [4.69, 9.17) is 9.84 Å². The van der Waals surface area contributed by atoms with E-state index in [1.165, 1.54) is 4.90 Å². The number of carbonyl (C=O) groups excluding carboxylic acids is 2. The number of hydrogen-bond acceptors (Lipinski definition) is 4. The molecule has 1 saturated heterocycles. The molecule has 1 aliphatic heterocycles. The first-order valence-electron chi connectivity index (χ1n) is 9.91. The lowest BCUT2D eigenvalue weighted by Crippen LogP contribution is -2.46. The molecule has 0 aromatic heterocycles. The number of amides is 2. The van der Waals surface area contributed by atoms with Gasteiger partial charge >= 0.3 is 5.97 Å². The third kappa shape index (κ3) is 6.25. The molecule has 154 valence electrons. The number of piperidine rings is 1. The second kappa shape index (κ2) is 10.7. The SMILES string of the molecule is CCCCCOc1ccc(C(=O)N(C)CC(=O)N2CCCC(C(=O)O)C2)cc1. The van der Waals surface area contributed by atoms with Gasteiger partial charge in [0.25, 0.3) is 5.91 Å². The van der Waals surface area contributed by atoms with Crippen molar-refractivity contribution >= 4 is 17.8 Å². The Hall–Kier alpha value is -2.57. The van der Waals surface area contributed by atoms with Crippen LogP contribution in [0.4, 0.5) is 0 Å². The largest absolute Gasteiger partial charge is 0.494 e. The van der Waals surface area contributed by atoms with E-state index in [-0.39, 0.29) is 24.9 Å². The zero-order valence-corrected chi connectivity index (χ0v) is 16.7. The number of hydrogen-bond donors (Lipinski definition) is 1. The first-order valence-corrected chi connectivity index (χ1v) is 9.91. The van der Waals surface area contributed by atoms with Crippen LogP contribution in [-0.2, 0) is 9.59 Å². The van der Waals surface area contributed by atoms with Crippen LogP contribution in [0.2, 0.25) is 0 Å². The highest BCUT2D eigenvalue weighted by Gasteiger charge is 2.29. The number of likely N-dealkylation sites (N-methyl/N-ethyl adjacent to an activating group) is 1. The zero-order valence-electron chi connectivity index (χ0n) is 16.7. The smallest absolute Gasteiger partial charge is 0.308 e. The Morgan fingerprint density at radius 1 is 1.21 bits per heavy atom. The van der Waals surface area contributed by atoms with Crippen LogP contribution in [0.5, 0.6) is 5.75 Å². The van der Waals surface area contributed by atoms with Crippen molar-refractivity contribution in [3.63, 3.8) is 0 Å². The maximum absolute atomic E-state index is 12.6. The molecule has 7 heteroatoms. The molecule has 1 N–H and O–H groups in total. The molecule has 0 radical (unpaired) electrons. The number of unbranched alkanes of at least 4 members (excludes halogenated alkanes) is 2. The minimum absolute atomic E-state index is 0.0690. The molecule has 1 atom stereocenters. The van der Waals surface area contributed by atoms with Gasteiger partial charge in [0.2, 0.25) is 5.91 Å². The summed E-state index contributed by atoms with van der Waals surface area (Å²) < 4.78 is 5.64. The van der Waals surface area contributed by atoms with Gasteiger partial charge in [0.1, 0.15) is 5.75 Å². The van der Waals surface area contributed by atoms with Crippen molar-refractivity contribution in [1.29, 1.82) is 0 Å². The van der Waals surface area contributed by atoms with Crippen molar-refractivity contribution in [2.75, 3.05) is 33.3 Å². The van der Waals surface area contributed by atoms with Crippen LogP contribution in [0.1, 0.15) is 49.4 Å². The molecule has 1 heterocycles. The van der Waals surface area contributed by atoms with Gasteiger partial charge in [-0.15, -0.1) is 0 Å². The van der Waals surface area contributed by atoms with Crippen molar-refractivity contribution < 1.29 is 24.2 Å². The monoisotopic (exact) mass is 390 g/mol. The van der Waals surface area contributed by atoms with Gasteiger partial charge in [0.15, 0.2) is 0 Å². The molecular weight excluding hydrogens is 360 g/mol. The molecule has 1 unspecified atom stereocenters. The quantitative estimate of drug-likeness (QED) is 0.655. The number of benzene rings is 1. The number of carboxylic acid groups (broad SMARTS) is 1. The molecule has 0 saturated carbocycles. The number of nitrogens with zero attached hydrogens (tertiary/aromatic N) is 2. The average molecular weight is 390 g/mol. The van der Waals surface area contributed by atoms with Gasteiger partial charge in [-0.2, -0.15) is 0 Å². The Kier molecular flexibility index (Phi) is 8.29. The fourth-order valence-corrected chi connectivity index (χ4v) is 3.24. The minimum atomic E-state index is -0.876. The predicted octanol–water partition coefficient (Wildman–Crippen LogP) is 2.65. The summed E-state index contributed by atoms with van der Waals surface area (Å²) in [6.45, 7) is 3.47. The summed E-state index contributed by atoms with van der Waals surface area (Å²) in [6, 6.07) is 6.91. The van der Waals surface area contributed by atoms with Gasteiger partial charge in [-0.3, -0.25) is 14.4 Å². The van der Waals surface area contributed by atoms with E-state index < -0.39 is 11.9 Å². The Labute approximate surface area is 166 Å². The molecule has 7 nitrogen and oxygen atoms in total. The maximum Gasteiger partial charge on any atom is 0.308 e. The van der Waals surface area contributed by atoms with Crippen LogP contribution in [-0.4, -0.2) is 66.0 Å². The van der Waals surface area contributed by atoms with Crippen molar-refractivity contribution in [2.45, 2.75) is 39.0 Å². The highest BCUT2D eigenvalue weighted by molar-refractivity contribution is 5.96. The molecule has 28 heavy (non-hydrogen) atoms. The van der Waals surface area contributed by atoms with Crippen molar-refractivity contribution in [3.05, 3.63) is 29.8 Å². The van der Waals surface area contributed by atoms with Gasteiger partial charge in [-0.25, -0.2) is 0 Å². The summed E-state index contributed by atoms with van der Waals surface area (Å²) in [5, 5.41) is 9.15. The molecule has 1 aliphatic rings. The number of ether oxygens (including phenoxy) is 1. The van der Waals surface area contributed by atoms with E-state index >= 15 is 0 Å². The fraction of sp³-hybridized carbons (Fsp3) is 0.571. The van der Waals surface area contributed by atoms with Gasteiger partial charge in [0.05, 0.1) is 19.1 Å². The molecule has 1 aromatic rings. The zero-order chi connectivity index (χ0) is 20.5. The predicted molar refractivity (Wildman–Crippen MR) is 105 cm³/mol. The summed E-state index contributed by atoms with van der Waals surface area (Å²) in [5.74, 6) is -1.16. The highest BCUT2D eigenvalue weighted by atomic mass is 16.5. The lowest BCUT2D eigenvalue weighted by molar-refractivity contribution is -0.145. The number of carbonyl (C=O) groups is 3. The Balaban J connectivity index is 1.86. The second-order valence-electron chi connectivity index (χ2n) is 7.26. The molecule has 2 amide bonds. The summed E-state index contributed by atoms with van der Waals surface area (Å²) >= 11 is 0. The molecule has 0 aliphatic carbocycles. The van der Waals surface area contributed by atoms with Crippen LogP contribution in [0.25, 0.3) is 0 Å². The topological polar surface area (TPSA) is 87.2 Å². The standard InChI is InChI=1S/C21H30N2O5/c1-3-4-5-13-28-18-10-8-16(9-11-18)20(25)22(2)15-19(24)23-12-6-7-17(14-23)21(26)27/h8-11,17H,3-7,12-15H2,1-2H3,(H,26,27). The molecular formula is C21H30N2O5. The first kappa shape index (κ1) is 21.7. The van der Waals surface area contributed by atoms with E-state index in [9.17, 15) is 14.4 Å². The third-order valence-electron chi connectivity index (χ3n) is 4.96. The molecule has 0 bridgehead atoms. The summed E-state index contributed by atoms with van der Waals surface area (Å²) in [5.41, 5.74) is 0.485. The number of rotatable bonds is 9. The molecule has 2 rings (SSSR count). The van der Waals surface area contributed by atoms with E-state index in [1.54, 1.807) is 36.2 Å². The van der Waals surface area contributed by atoms with Crippen molar-refractivity contribution in [2.24, 2.45) is 5.92 Å². The molecule has 0 spiro atoms. The van der Waals surface area contributed by atoms with E-state index in [2.05, 4.69) is 6.92 Å². The second-order valence-corrected chi connectivity index (χ2v) is 7.26. The first-order chi connectivity index (χ1) is 13.4. The van der Waals surface area contributed by atoms with Gasteiger partial charge in [-0.05, 0) is 43.5 Å². The highest BCUT2D eigenvalue weighted by Crippen LogP contribution is 2.18. The third-order valence-corrected chi connectivity index (χ3v) is 4.96. The molecule has 1 fully saturated rings. The van der Waals surface area contributed by atoms with E-state index in [0.29, 0.717) is 31.6 Å². The number of carboxylic acids is 1. The lowest BCUT2D eigenvalue weighted by atomic mass is 9.98. The van der Waals surface area contributed by atoms with Crippen LogP contribution in [0, 0.1) is 5.92 Å². The van der Waals surface area contributed by atoms with Gasteiger partial charge < -0.3 is 19.6 Å². The van der Waals surface area contributed by atoms with Crippen LogP contribution in [0.15, 0.2) is 24.3 Å². The van der Waals surface area contributed by atoms with Crippen LogP contribution >= 0.6 is 0 Å². The Bertz CT molecular complexity index is 674. The van der Waals surface area contributed by atoms with E-state index in [1.807, 2.05) is 0 Å². The number of likely N-dealkylation sites (tertiary alicyclic amines) is 1. The fourth-order valence-electron chi connectivity index (χ4n) is 3.24. The minimum Gasteiger partial charge on any atom is -0.494 e. The summed E-state index contributed by atoms with van der Waals surface area (Å²) in [7, 11) is 1.58. The van der Waals surface area contributed by atoms with Crippen LogP contribution in [0.3, 0.4) is 0 Å². The maximum atomic E-state index is 12.6. The van der Waals surface area contributed by atoms with Gasteiger partial charge in [-0.1, -0.05) is 19.8 Å². The van der Waals surface area contributed by atoms with Crippen molar-refractivity contribution in [1.82, 2.24) is 9.80 Å². The number of aliphatic carboxylic acids is 1. The normalized spacial score (nSPS) is 16.5. The summed E-state index contributed by atoms with van der Waals surface area (Å²) in [4.78, 5) is 39.1.